The van der Waals surface area contributed by atoms with Gasteiger partial charge in [0.2, 0.25) is 0 Å². The zero-order chi connectivity index (χ0) is 13.0. The van der Waals surface area contributed by atoms with Crippen LogP contribution in [0.3, 0.4) is 0 Å². The summed E-state index contributed by atoms with van der Waals surface area (Å²) in [7, 11) is 2.06. The third-order valence-corrected chi connectivity index (χ3v) is 3.08. The highest BCUT2D eigenvalue weighted by Gasteiger charge is 2.05. The molecular weight excluding hydrogens is 246 g/mol. The number of nitrogen functional groups attached to an aromatic ring is 1. The van der Waals surface area contributed by atoms with Crippen molar-refractivity contribution in [2.75, 3.05) is 12.8 Å². The average Bonchev–Trinajstić information content (AvgIpc) is 2.35. The number of halogens is 1. The van der Waals surface area contributed by atoms with Crippen molar-refractivity contribution < 1.29 is 0 Å². The van der Waals surface area contributed by atoms with Crippen LogP contribution in [0.2, 0.25) is 5.02 Å². The largest absolute Gasteiger partial charge is 0.399 e. The molecule has 0 spiro atoms. The van der Waals surface area contributed by atoms with Gasteiger partial charge < -0.3 is 5.73 Å². The molecular formula is C14H16ClN3. The summed E-state index contributed by atoms with van der Waals surface area (Å²) in [6, 6.07) is 9.60. The van der Waals surface area contributed by atoms with Crippen LogP contribution in [0.25, 0.3) is 0 Å². The zero-order valence-corrected chi connectivity index (χ0v) is 11.1. The van der Waals surface area contributed by atoms with Gasteiger partial charge in [-0.05, 0) is 48.5 Å². The Morgan fingerprint density at radius 2 is 1.89 bits per heavy atom. The summed E-state index contributed by atoms with van der Waals surface area (Å²) in [5.41, 5.74) is 8.79. The van der Waals surface area contributed by atoms with Gasteiger partial charge in [-0.15, -0.1) is 0 Å². The van der Waals surface area contributed by atoms with Gasteiger partial charge in [0.1, 0.15) is 0 Å². The molecule has 0 unspecified atom stereocenters. The van der Waals surface area contributed by atoms with Gasteiger partial charge in [0.15, 0.2) is 0 Å². The van der Waals surface area contributed by atoms with E-state index in [0.29, 0.717) is 0 Å². The summed E-state index contributed by atoms with van der Waals surface area (Å²) in [5.74, 6) is 0. The third-order valence-electron chi connectivity index (χ3n) is 2.71. The Morgan fingerprint density at radius 3 is 2.61 bits per heavy atom. The monoisotopic (exact) mass is 261 g/mol. The van der Waals surface area contributed by atoms with Gasteiger partial charge in [-0.2, -0.15) is 0 Å². The number of rotatable bonds is 4. The third kappa shape index (κ3) is 3.45. The molecule has 0 saturated heterocycles. The van der Waals surface area contributed by atoms with Crippen LogP contribution in [-0.4, -0.2) is 16.9 Å². The smallest absolute Gasteiger partial charge is 0.0452 e. The van der Waals surface area contributed by atoms with Crippen molar-refractivity contribution in [3.63, 3.8) is 0 Å². The summed E-state index contributed by atoms with van der Waals surface area (Å²) in [6.07, 6.45) is 3.60. The molecule has 0 radical (unpaired) electrons. The van der Waals surface area contributed by atoms with E-state index in [1.165, 1.54) is 5.56 Å². The van der Waals surface area contributed by atoms with Crippen LogP contribution in [0.15, 0.2) is 42.7 Å². The number of nitrogens with zero attached hydrogens (tertiary/aromatic N) is 2. The molecule has 1 aromatic heterocycles. The molecule has 3 nitrogen and oxygen atoms in total. The Kier molecular flexibility index (Phi) is 4.18. The van der Waals surface area contributed by atoms with Crippen molar-refractivity contribution in [2.24, 2.45) is 0 Å². The van der Waals surface area contributed by atoms with Gasteiger partial charge in [-0.3, -0.25) is 9.88 Å². The fourth-order valence-corrected chi connectivity index (χ4v) is 2.04. The normalized spacial score (nSPS) is 10.8. The highest BCUT2D eigenvalue weighted by Crippen LogP contribution is 2.20. The van der Waals surface area contributed by atoms with Crippen LogP contribution < -0.4 is 5.73 Å². The molecule has 0 atom stereocenters. The minimum absolute atomic E-state index is 0.742. The summed E-state index contributed by atoms with van der Waals surface area (Å²) >= 11 is 6.15. The molecule has 0 fully saturated rings. The molecule has 0 saturated carbocycles. The van der Waals surface area contributed by atoms with E-state index in [1.54, 1.807) is 12.4 Å². The fraction of sp³-hybridized carbons (Fsp3) is 0.214. The number of anilines is 1. The Bertz CT molecular complexity index is 514. The molecule has 2 aromatic rings. The predicted molar refractivity (Wildman–Crippen MR) is 75.3 cm³/mol. The highest BCUT2D eigenvalue weighted by molar-refractivity contribution is 6.31. The lowest BCUT2D eigenvalue weighted by atomic mass is 10.2. The molecule has 0 aliphatic rings. The van der Waals surface area contributed by atoms with Crippen molar-refractivity contribution in [2.45, 2.75) is 13.1 Å². The lowest BCUT2D eigenvalue weighted by molar-refractivity contribution is 0.319. The van der Waals surface area contributed by atoms with Gasteiger partial charge in [0.25, 0.3) is 0 Å². The number of nitrogens with two attached hydrogens (primary N) is 1. The molecule has 0 aliphatic heterocycles. The second-order valence-corrected chi connectivity index (χ2v) is 4.79. The molecule has 0 aliphatic carbocycles. The first kappa shape index (κ1) is 12.9. The number of pyridine rings is 1. The Hall–Kier alpha value is -1.58. The van der Waals surface area contributed by atoms with Crippen molar-refractivity contribution in [1.29, 1.82) is 0 Å². The van der Waals surface area contributed by atoms with Crippen LogP contribution >= 0.6 is 11.6 Å². The Balaban J connectivity index is 2.03. The van der Waals surface area contributed by atoms with Crippen molar-refractivity contribution >= 4 is 17.3 Å². The molecule has 18 heavy (non-hydrogen) atoms. The lowest BCUT2D eigenvalue weighted by Crippen LogP contribution is -2.17. The van der Waals surface area contributed by atoms with E-state index in [0.717, 1.165) is 29.4 Å². The first-order valence-corrected chi connectivity index (χ1v) is 6.14. The van der Waals surface area contributed by atoms with E-state index in [1.807, 2.05) is 30.3 Å². The average molecular weight is 262 g/mol. The molecule has 1 heterocycles. The van der Waals surface area contributed by atoms with Crippen molar-refractivity contribution in [1.82, 2.24) is 9.88 Å². The van der Waals surface area contributed by atoms with Gasteiger partial charge in [0.05, 0.1) is 0 Å². The van der Waals surface area contributed by atoms with E-state index in [4.69, 9.17) is 17.3 Å². The molecule has 2 N–H and O–H groups in total. The summed E-state index contributed by atoms with van der Waals surface area (Å²) in [4.78, 5) is 6.20. The van der Waals surface area contributed by atoms with Gasteiger partial charge in [-0.1, -0.05) is 11.6 Å². The van der Waals surface area contributed by atoms with Gasteiger partial charge in [-0.25, -0.2) is 0 Å². The number of hydrogen-bond donors (Lipinski definition) is 1. The van der Waals surface area contributed by atoms with E-state index in [9.17, 15) is 0 Å². The standard InChI is InChI=1S/C14H16ClN3/c1-18(9-11-4-6-17-7-5-11)10-12-8-13(16)2-3-14(12)15/h2-8H,9-10,16H2,1H3. The maximum atomic E-state index is 6.15. The lowest BCUT2D eigenvalue weighted by Gasteiger charge is -2.17. The molecule has 0 bridgehead atoms. The van der Waals surface area contributed by atoms with E-state index < -0.39 is 0 Å². The first-order chi connectivity index (χ1) is 8.65. The first-order valence-electron chi connectivity index (χ1n) is 5.76. The molecule has 1 aromatic carbocycles. The quantitative estimate of drug-likeness (QED) is 0.861. The van der Waals surface area contributed by atoms with Gasteiger partial charge >= 0.3 is 0 Å². The summed E-state index contributed by atoms with van der Waals surface area (Å²) in [5, 5.41) is 0.755. The topological polar surface area (TPSA) is 42.2 Å². The van der Waals surface area contributed by atoms with Crippen molar-refractivity contribution in [3.05, 3.63) is 58.9 Å². The maximum absolute atomic E-state index is 6.15. The maximum Gasteiger partial charge on any atom is 0.0452 e. The zero-order valence-electron chi connectivity index (χ0n) is 10.3. The van der Waals surface area contributed by atoms with Gasteiger partial charge in [0, 0.05) is 36.2 Å². The molecule has 2 rings (SSSR count). The Morgan fingerprint density at radius 1 is 1.17 bits per heavy atom. The van der Waals surface area contributed by atoms with Crippen LogP contribution in [-0.2, 0) is 13.1 Å². The van der Waals surface area contributed by atoms with E-state index in [2.05, 4.69) is 16.9 Å². The van der Waals surface area contributed by atoms with E-state index >= 15 is 0 Å². The summed E-state index contributed by atoms with van der Waals surface area (Å²) < 4.78 is 0. The van der Waals surface area contributed by atoms with E-state index in [-0.39, 0.29) is 0 Å². The van der Waals surface area contributed by atoms with Crippen molar-refractivity contribution in [3.8, 4) is 0 Å². The molecule has 94 valence electrons. The predicted octanol–water partition coefficient (Wildman–Crippen LogP) is 2.95. The van der Waals surface area contributed by atoms with Crippen LogP contribution in [0.4, 0.5) is 5.69 Å². The summed E-state index contributed by atoms with van der Waals surface area (Å²) in [6.45, 7) is 1.62. The molecule has 4 heteroatoms. The SMILES string of the molecule is CN(Cc1ccncc1)Cc1cc(N)ccc1Cl. The number of benzene rings is 1. The number of aromatic nitrogens is 1. The van der Waals surface area contributed by atoms with Crippen LogP contribution in [0, 0.1) is 0 Å². The molecule has 0 amide bonds. The minimum atomic E-state index is 0.742. The Labute approximate surface area is 112 Å². The minimum Gasteiger partial charge on any atom is -0.399 e. The number of hydrogen-bond acceptors (Lipinski definition) is 3. The van der Waals surface area contributed by atoms with Crippen LogP contribution in [0.1, 0.15) is 11.1 Å². The second kappa shape index (κ2) is 5.85. The second-order valence-electron chi connectivity index (χ2n) is 4.38. The highest BCUT2D eigenvalue weighted by atomic mass is 35.5. The van der Waals surface area contributed by atoms with Crippen LogP contribution in [0.5, 0.6) is 0 Å². The fourth-order valence-electron chi connectivity index (χ4n) is 1.86.